The minimum atomic E-state index is -1.15. The zero-order valence-corrected chi connectivity index (χ0v) is 27.6. The lowest BCUT2D eigenvalue weighted by Gasteiger charge is -2.16. The molecule has 4 aromatic rings. The van der Waals surface area contributed by atoms with E-state index < -0.39 is 24.6 Å². The van der Waals surface area contributed by atoms with Crippen molar-refractivity contribution in [2.75, 3.05) is 47.4 Å². The number of fused-ring (bicyclic) bond motifs is 3. The molecular formula is C37H38N4O8. The number of nitriles is 1. The van der Waals surface area contributed by atoms with Crippen LogP contribution in [0.2, 0.25) is 0 Å². The molecule has 1 aliphatic rings. The first kappa shape index (κ1) is 35.7. The molecule has 0 fully saturated rings. The summed E-state index contributed by atoms with van der Waals surface area (Å²) in [6, 6.07) is 25.8. The van der Waals surface area contributed by atoms with Crippen LogP contribution in [0.5, 0.6) is 23.0 Å². The van der Waals surface area contributed by atoms with Crippen LogP contribution in [-0.2, 0) is 9.53 Å². The third-order valence-electron chi connectivity index (χ3n) is 7.82. The van der Waals surface area contributed by atoms with Gasteiger partial charge >= 0.3 is 6.09 Å². The minimum absolute atomic E-state index is 0.0655. The van der Waals surface area contributed by atoms with Crippen LogP contribution in [0.4, 0.5) is 10.5 Å². The maximum absolute atomic E-state index is 11.8. The van der Waals surface area contributed by atoms with E-state index in [1.54, 1.807) is 37.5 Å². The van der Waals surface area contributed by atoms with Gasteiger partial charge in [-0.3, -0.25) is 4.79 Å². The first-order valence-electron chi connectivity index (χ1n) is 15.1. The second-order valence-electron chi connectivity index (χ2n) is 10.7. The highest BCUT2D eigenvalue weighted by Crippen LogP contribution is 2.44. The number of carbonyl (C=O) groups excluding carboxylic acids is 2. The summed E-state index contributed by atoms with van der Waals surface area (Å²) >= 11 is 0. The number of benzene rings is 4. The normalized spacial score (nSPS) is 12.2. The van der Waals surface area contributed by atoms with Crippen molar-refractivity contribution in [2.45, 2.75) is 12.0 Å². The van der Waals surface area contributed by atoms with Gasteiger partial charge < -0.3 is 45.6 Å². The summed E-state index contributed by atoms with van der Waals surface area (Å²) in [6.45, 7) is -0.434. The Morgan fingerprint density at radius 2 is 1.45 bits per heavy atom. The fraction of sp³-hybridized carbons (Fsp3) is 0.216. The molecule has 0 radical (unpaired) electrons. The van der Waals surface area contributed by atoms with Gasteiger partial charge in [-0.15, -0.1) is 0 Å². The number of nitrogen functional groups attached to an aromatic ring is 1. The van der Waals surface area contributed by atoms with Crippen molar-refractivity contribution >= 4 is 29.3 Å². The highest BCUT2D eigenvalue weighted by Gasteiger charge is 2.29. The van der Waals surface area contributed by atoms with Gasteiger partial charge in [0.1, 0.15) is 18.4 Å². The molecule has 6 N–H and O–H groups in total. The van der Waals surface area contributed by atoms with Crippen LogP contribution >= 0.6 is 0 Å². The van der Waals surface area contributed by atoms with Crippen molar-refractivity contribution in [3.05, 3.63) is 101 Å². The van der Waals surface area contributed by atoms with E-state index in [0.717, 1.165) is 27.8 Å². The molecule has 12 heteroatoms. The SMILES string of the molecule is COc1ccc(/C=C(/C#N)c2cc(OC)c(OC)c(OC)c2)cc1N.NC(=O)[C@H](CO)NC(=O)OCC1c2ccccc2-c2ccccc21. The number of primary amides is 1. The van der Waals surface area contributed by atoms with Gasteiger partial charge in [-0.25, -0.2) is 4.79 Å². The van der Waals surface area contributed by atoms with Gasteiger partial charge in [0.15, 0.2) is 11.5 Å². The van der Waals surface area contributed by atoms with E-state index in [0.29, 0.717) is 39.8 Å². The van der Waals surface area contributed by atoms with Gasteiger partial charge in [-0.2, -0.15) is 5.26 Å². The summed E-state index contributed by atoms with van der Waals surface area (Å²) in [5, 5.41) is 20.8. The number of ether oxygens (including phenoxy) is 5. The number of amides is 2. The Morgan fingerprint density at radius 3 is 1.92 bits per heavy atom. The molecule has 49 heavy (non-hydrogen) atoms. The number of hydrogen-bond acceptors (Lipinski definition) is 10. The fourth-order valence-electron chi connectivity index (χ4n) is 5.42. The zero-order valence-electron chi connectivity index (χ0n) is 27.6. The van der Waals surface area contributed by atoms with Crippen LogP contribution < -0.4 is 35.7 Å². The first-order valence-corrected chi connectivity index (χ1v) is 15.1. The van der Waals surface area contributed by atoms with Crippen LogP contribution in [-0.4, -0.2) is 64.8 Å². The largest absolute Gasteiger partial charge is 0.495 e. The number of allylic oxidation sites excluding steroid dienone is 1. The number of aliphatic hydroxyl groups is 1. The first-order chi connectivity index (χ1) is 23.7. The second kappa shape index (κ2) is 16.6. The number of alkyl carbamates (subject to hydrolysis) is 1. The van der Waals surface area contributed by atoms with Gasteiger partial charge in [0.05, 0.1) is 52.4 Å². The lowest BCUT2D eigenvalue weighted by Crippen LogP contribution is -2.47. The number of nitrogens with one attached hydrogen (secondary N) is 1. The quantitative estimate of drug-likeness (QED) is 0.0989. The van der Waals surface area contributed by atoms with E-state index in [1.165, 1.54) is 21.3 Å². The van der Waals surface area contributed by atoms with Gasteiger partial charge in [-0.1, -0.05) is 54.6 Å². The van der Waals surface area contributed by atoms with Crippen molar-refractivity contribution in [3.63, 3.8) is 0 Å². The maximum atomic E-state index is 11.8. The molecule has 0 heterocycles. The van der Waals surface area contributed by atoms with Crippen LogP contribution in [0, 0.1) is 11.3 Å². The Labute approximate surface area is 284 Å². The lowest BCUT2D eigenvalue weighted by molar-refractivity contribution is -0.120. The summed E-state index contributed by atoms with van der Waals surface area (Å²) in [7, 11) is 6.14. The van der Waals surface area contributed by atoms with E-state index in [-0.39, 0.29) is 12.5 Å². The Morgan fingerprint density at radius 1 is 0.878 bits per heavy atom. The predicted molar refractivity (Wildman–Crippen MR) is 185 cm³/mol. The molecule has 4 aromatic carbocycles. The molecule has 5 rings (SSSR count). The molecule has 0 aliphatic heterocycles. The molecule has 0 saturated heterocycles. The maximum Gasteiger partial charge on any atom is 0.407 e. The van der Waals surface area contributed by atoms with Gasteiger partial charge in [0, 0.05) is 5.92 Å². The van der Waals surface area contributed by atoms with E-state index in [2.05, 4.69) is 11.4 Å². The summed E-state index contributed by atoms with van der Waals surface area (Å²) in [6.07, 6.45) is 0.950. The Bertz CT molecular complexity index is 1810. The Hall–Kier alpha value is -6.19. The topological polar surface area (TPSA) is 188 Å². The number of carbonyl (C=O) groups is 2. The van der Waals surface area contributed by atoms with Gasteiger partial charge in [0.2, 0.25) is 11.7 Å². The van der Waals surface area contributed by atoms with E-state index in [1.807, 2.05) is 54.6 Å². The average molecular weight is 667 g/mol. The van der Waals surface area contributed by atoms with Gasteiger partial charge in [0.25, 0.3) is 0 Å². The van der Waals surface area contributed by atoms with E-state index in [4.69, 9.17) is 40.3 Å². The molecule has 254 valence electrons. The molecule has 0 saturated carbocycles. The zero-order chi connectivity index (χ0) is 35.5. The molecule has 2 amide bonds. The lowest BCUT2D eigenvalue weighted by atomic mass is 9.98. The monoisotopic (exact) mass is 666 g/mol. The van der Waals surface area contributed by atoms with Crippen molar-refractivity contribution < 1.29 is 38.4 Å². The Balaban J connectivity index is 0.000000221. The van der Waals surface area contributed by atoms with Crippen LogP contribution in [0.1, 0.15) is 28.2 Å². The summed E-state index contributed by atoms with van der Waals surface area (Å²) in [5.74, 6) is 1.14. The minimum Gasteiger partial charge on any atom is -0.495 e. The standard InChI is InChI=1S/C19H20N2O4.C18H18N2O4/c1-22-16-6-5-12(8-15(16)21)7-14(11-20)13-9-17(23-2)19(25-4)18(10-13)24-3;19-17(22)16(9-21)20-18(23)24-10-15-13-7-3-1-5-11(13)12-6-2-4-8-14(12)15/h5-10H,21H2,1-4H3;1-8,15-16,21H,9-10H2,(H2,19,22)(H,20,23)/b14-7-;/t;16-/m.0/s1. The van der Waals surface area contributed by atoms with E-state index in [9.17, 15) is 14.9 Å². The van der Waals surface area contributed by atoms with Crippen LogP contribution in [0.3, 0.4) is 0 Å². The Kier molecular flexibility index (Phi) is 12.1. The third-order valence-corrected chi connectivity index (χ3v) is 7.82. The second-order valence-corrected chi connectivity index (χ2v) is 10.7. The third kappa shape index (κ3) is 8.22. The van der Waals surface area contributed by atoms with Crippen LogP contribution in [0.15, 0.2) is 78.9 Å². The molecule has 12 nitrogen and oxygen atoms in total. The molecule has 0 spiro atoms. The number of methoxy groups -OCH3 is 4. The number of nitrogens with two attached hydrogens (primary N) is 2. The number of aliphatic hydroxyl groups excluding tert-OH is 1. The molecule has 1 atom stereocenters. The average Bonchev–Trinajstić information content (AvgIpc) is 3.44. The summed E-state index contributed by atoms with van der Waals surface area (Å²) in [4.78, 5) is 22.9. The molecule has 0 unspecified atom stereocenters. The molecule has 0 aromatic heterocycles. The molecule has 0 bridgehead atoms. The predicted octanol–water partition coefficient (Wildman–Crippen LogP) is 4.74. The fourth-order valence-corrected chi connectivity index (χ4v) is 5.42. The molecular weight excluding hydrogens is 628 g/mol. The van der Waals surface area contributed by atoms with Crippen molar-refractivity contribution in [3.8, 4) is 40.2 Å². The summed E-state index contributed by atoms with van der Waals surface area (Å²) in [5.41, 5.74) is 17.8. The van der Waals surface area contributed by atoms with E-state index >= 15 is 0 Å². The number of anilines is 1. The smallest absolute Gasteiger partial charge is 0.407 e. The van der Waals surface area contributed by atoms with Crippen LogP contribution in [0.25, 0.3) is 22.8 Å². The summed E-state index contributed by atoms with van der Waals surface area (Å²) < 4.78 is 26.4. The van der Waals surface area contributed by atoms with Crippen molar-refractivity contribution in [1.29, 1.82) is 5.26 Å². The number of rotatable bonds is 11. The van der Waals surface area contributed by atoms with Gasteiger partial charge in [-0.05, 0) is 63.7 Å². The number of hydrogen-bond donors (Lipinski definition) is 4. The number of nitrogens with zero attached hydrogens (tertiary/aromatic N) is 1. The van der Waals surface area contributed by atoms with Crippen molar-refractivity contribution in [2.24, 2.45) is 5.73 Å². The molecule has 1 aliphatic carbocycles. The highest BCUT2D eigenvalue weighted by molar-refractivity contribution is 5.91. The van der Waals surface area contributed by atoms with Crippen molar-refractivity contribution in [1.82, 2.24) is 5.32 Å². The highest BCUT2D eigenvalue weighted by atomic mass is 16.5.